The van der Waals surface area contributed by atoms with E-state index in [9.17, 15) is 9.59 Å². The zero-order valence-electron chi connectivity index (χ0n) is 15.9. The maximum absolute atomic E-state index is 12.5. The molecule has 0 bridgehead atoms. The number of furan rings is 1. The number of nitrogens with zero attached hydrogens (tertiary/aromatic N) is 2. The van der Waals surface area contributed by atoms with Crippen molar-refractivity contribution in [2.45, 2.75) is 6.42 Å². The second-order valence-corrected chi connectivity index (χ2v) is 6.42. The van der Waals surface area contributed by atoms with Crippen LogP contribution in [-0.2, 0) is 11.2 Å². The highest BCUT2D eigenvalue weighted by molar-refractivity contribution is 5.91. The molecule has 0 saturated carbocycles. The minimum absolute atomic E-state index is 0.0801. The molecule has 0 N–H and O–H groups in total. The highest BCUT2D eigenvalue weighted by Gasteiger charge is 2.26. The molecule has 0 aliphatic carbocycles. The average molecular weight is 384 g/mol. The van der Waals surface area contributed by atoms with Gasteiger partial charge in [-0.05, 0) is 36.2 Å². The SMILES string of the molecule is C=CCc1ccc(OCC(=O)N2CCN(C(=O)c3ccco3)CC2)c(OC)c1. The topological polar surface area (TPSA) is 72.2 Å². The lowest BCUT2D eigenvalue weighted by molar-refractivity contribution is -0.134. The van der Waals surface area contributed by atoms with Crippen LogP contribution in [-0.4, -0.2) is 61.5 Å². The maximum atomic E-state index is 12.5. The van der Waals surface area contributed by atoms with Crippen molar-refractivity contribution >= 4 is 11.8 Å². The van der Waals surface area contributed by atoms with E-state index in [0.29, 0.717) is 43.4 Å². The number of hydrogen-bond donors (Lipinski definition) is 0. The van der Waals surface area contributed by atoms with Crippen molar-refractivity contribution in [3.05, 3.63) is 60.6 Å². The summed E-state index contributed by atoms with van der Waals surface area (Å²) in [4.78, 5) is 28.1. The highest BCUT2D eigenvalue weighted by Crippen LogP contribution is 2.28. The first-order valence-corrected chi connectivity index (χ1v) is 9.13. The van der Waals surface area contributed by atoms with Crippen molar-refractivity contribution in [3.63, 3.8) is 0 Å². The molecule has 1 aromatic carbocycles. The molecular weight excluding hydrogens is 360 g/mol. The predicted molar refractivity (Wildman–Crippen MR) is 104 cm³/mol. The van der Waals surface area contributed by atoms with E-state index in [2.05, 4.69) is 6.58 Å². The van der Waals surface area contributed by atoms with Gasteiger partial charge in [0.25, 0.3) is 11.8 Å². The van der Waals surface area contributed by atoms with Gasteiger partial charge in [-0.25, -0.2) is 0 Å². The van der Waals surface area contributed by atoms with E-state index >= 15 is 0 Å². The largest absolute Gasteiger partial charge is 0.493 e. The van der Waals surface area contributed by atoms with Crippen LogP contribution in [0, 0.1) is 0 Å². The van der Waals surface area contributed by atoms with E-state index in [1.807, 2.05) is 18.2 Å². The van der Waals surface area contributed by atoms with Gasteiger partial charge in [0, 0.05) is 26.2 Å². The summed E-state index contributed by atoms with van der Waals surface area (Å²) in [7, 11) is 1.57. The van der Waals surface area contributed by atoms with Gasteiger partial charge in [-0.1, -0.05) is 12.1 Å². The van der Waals surface area contributed by atoms with Gasteiger partial charge in [0.15, 0.2) is 23.9 Å². The van der Waals surface area contributed by atoms with Crippen molar-refractivity contribution in [2.75, 3.05) is 39.9 Å². The first-order valence-electron chi connectivity index (χ1n) is 9.13. The van der Waals surface area contributed by atoms with Crippen LogP contribution in [0.5, 0.6) is 11.5 Å². The Bertz CT molecular complexity index is 823. The minimum atomic E-state index is -0.155. The average Bonchev–Trinajstić information content (AvgIpc) is 3.27. The van der Waals surface area contributed by atoms with Gasteiger partial charge < -0.3 is 23.7 Å². The summed E-state index contributed by atoms with van der Waals surface area (Å²) >= 11 is 0. The van der Waals surface area contributed by atoms with Crippen molar-refractivity contribution in [2.24, 2.45) is 0 Å². The fourth-order valence-corrected chi connectivity index (χ4v) is 3.07. The molecule has 148 valence electrons. The molecule has 0 radical (unpaired) electrons. The third-order valence-corrected chi connectivity index (χ3v) is 4.61. The van der Waals surface area contributed by atoms with Crippen LogP contribution in [0.3, 0.4) is 0 Å². The Balaban J connectivity index is 1.51. The van der Waals surface area contributed by atoms with Crippen LogP contribution in [0.15, 0.2) is 53.7 Å². The van der Waals surface area contributed by atoms with E-state index in [4.69, 9.17) is 13.9 Å². The quantitative estimate of drug-likeness (QED) is 0.686. The summed E-state index contributed by atoms with van der Waals surface area (Å²) in [5, 5.41) is 0. The summed E-state index contributed by atoms with van der Waals surface area (Å²) in [6, 6.07) is 8.92. The lowest BCUT2D eigenvalue weighted by atomic mass is 10.1. The fourth-order valence-electron chi connectivity index (χ4n) is 3.07. The fraction of sp³-hybridized carbons (Fsp3) is 0.333. The van der Waals surface area contributed by atoms with E-state index in [-0.39, 0.29) is 18.4 Å². The van der Waals surface area contributed by atoms with Crippen LogP contribution in [0.25, 0.3) is 0 Å². The molecule has 1 aromatic heterocycles. The number of benzene rings is 1. The summed E-state index contributed by atoms with van der Waals surface area (Å²) in [5.41, 5.74) is 1.06. The predicted octanol–water partition coefficient (Wildman–Crippen LogP) is 2.38. The molecule has 0 spiro atoms. The smallest absolute Gasteiger partial charge is 0.289 e. The number of carbonyl (C=O) groups excluding carboxylic acids is 2. The van der Waals surface area contributed by atoms with Crippen LogP contribution < -0.4 is 9.47 Å². The standard InChI is InChI=1S/C21H24N2O5/c1-3-5-16-7-8-17(19(14-16)26-2)28-15-20(24)22-9-11-23(12-10-22)21(25)18-6-4-13-27-18/h3-4,6-8,13-14H,1,5,9-12,15H2,2H3. The van der Waals surface area contributed by atoms with Gasteiger partial charge in [-0.2, -0.15) is 0 Å². The van der Waals surface area contributed by atoms with Crippen LogP contribution in [0.4, 0.5) is 0 Å². The lowest BCUT2D eigenvalue weighted by Crippen LogP contribution is -2.51. The van der Waals surface area contributed by atoms with Gasteiger partial charge in [0.05, 0.1) is 13.4 Å². The second-order valence-electron chi connectivity index (χ2n) is 6.42. The third-order valence-electron chi connectivity index (χ3n) is 4.61. The number of methoxy groups -OCH3 is 1. The van der Waals surface area contributed by atoms with Crippen molar-refractivity contribution in [1.29, 1.82) is 0 Å². The number of piperazine rings is 1. The normalized spacial score (nSPS) is 13.9. The van der Waals surface area contributed by atoms with Crippen LogP contribution in [0.1, 0.15) is 16.1 Å². The zero-order valence-corrected chi connectivity index (χ0v) is 15.9. The molecular formula is C21H24N2O5. The Morgan fingerprint density at radius 1 is 1.14 bits per heavy atom. The van der Waals surface area contributed by atoms with E-state index < -0.39 is 0 Å². The zero-order chi connectivity index (χ0) is 19.9. The Morgan fingerprint density at radius 2 is 1.89 bits per heavy atom. The molecule has 28 heavy (non-hydrogen) atoms. The Labute approximate surface area is 164 Å². The van der Waals surface area contributed by atoms with E-state index in [1.165, 1.54) is 6.26 Å². The number of carbonyl (C=O) groups is 2. The highest BCUT2D eigenvalue weighted by atomic mass is 16.5. The van der Waals surface area contributed by atoms with Gasteiger partial charge in [-0.3, -0.25) is 9.59 Å². The molecule has 2 aromatic rings. The molecule has 7 heteroatoms. The third kappa shape index (κ3) is 4.54. The van der Waals surface area contributed by atoms with E-state index in [0.717, 1.165) is 12.0 Å². The van der Waals surface area contributed by atoms with Crippen LogP contribution in [0.2, 0.25) is 0 Å². The van der Waals surface area contributed by atoms with Gasteiger partial charge in [0.1, 0.15) is 0 Å². The number of hydrogen-bond acceptors (Lipinski definition) is 5. The maximum Gasteiger partial charge on any atom is 0.289 e. The molecule has 1 saturated heterocycles. The molecule has 1 aliphatic heterocycles. The van der Waals surface area contributed by atoms with Crippen molar-refractivity contribution in [3.8, 4) is 11.5 Å². The Kier molecular flexibility index (Phi) is 6.37. The molecule has 0 unspecified atom stereocenters. The van der Waals surface area contributed by atoms with Crippen molar-refractivity contribution < 1.29 is 23.5 Å². The molecule has 0 atom stereocenters. The second kappa shape index (κ2) is 9.12. The first-order chi connectivity index (χ1) is 13.6. The van der Waals surface area contributed by atoms with E-state index in [1.54, 1.807) is 35.1 Å². The molecule has 1 fully saturated rings. The Hall–Kier alpha value is -3.22. The molecule has 2 heterocycles. The van der Waals surface area contributed by atoms with Crippen LogP contribution >= 0.6 is 0 Å². The monoisotopic (exact) mass is 384 g/mol. The summed E-state index contributed by atoms with van der Waals surface area (Å²) in [6.45, 7) is 5.49. The lowest BCUT2D eigenvalue weighted by Gasteiger charge is -2.34. The number of rotatable bonds is 7. The number of ether oxygens (including phenoxy) is 2. The molecule has 1 aliphatic rings. The van der Waals surface area contributed by atoms with Crippen molar-refractivity contribution in [1.82, 2.24) is 9.80 Å². The molecule has 2 amide bonds. The molecule has 7 nitrogen and oxygen atoms in total. The summed E-state index contributed by atoms with van der Waals surface area (Å²) < 4.78 is 16.2. The van der Waals surface area contributed by atoms with Gasteiger partial charge >= 0.3 is 0 Å². The summed E-state index contributed by atoms with van der Waals surface area (Å²) in [5.74, 6) is 1.14. The number of amides is 2. The first kappa shape index (κ1) is 19.5. The number of allylic oxidation sites excluding steroid dienone is 1. The van der Waals surface area contributed by atoms with Gasteiger partial charge in [-0.15, -0.1) is 6.58 Å². The molecule has 3 rings (SSSR count). The summed E-state index contributed by atoms with van der Waals surface area (Å²) in [6.07, 6.45) is 4.02. The van der Waals surface area contributed by atoms with Gasteiger partial charge in [0.2, 0.25) is 0 Å². The minimum Gasteiger partial charge on any atom is -0.493 e. The Morgan fingerprint density at radius 3 is 2.54 bits per heavy atom.